The van der Waals surface area contributed by atoms with E-state index >= 15 is 0 Å². The number of hydrogen-bond donors (Lipinski definition) is 0. The molecule has 0 unspecified atom stereocenters. The predicted molar refractivity (Wildman–Crippen MR) is 82.5 cm³/mol. The standard InChI is InChI=1S/C15H20N4O2/c1-6-21-15(20)12-7-16-14-11(8-17-19(14)5)13(12)18(4)9-10(2)3/h7-8H,2,6,9H2,1,3-5H3. The molecule has 0 fully saturated rings. The van der Waals surface area contributed by atoms with Crippen LogP contribution in [0.3, 0.4) is 0 Å². The van der Waals surface area contributed by atoms with Crippen molar-refractivity contribution >= 4 is 22.7 Å². The first kappa shape index (κ1) is 15.0. The zero-order chi connectivity index (χ0) is 15.6. The van der Waals surface area contributed by atoms with Crippen molar-refractivity contribution in [2.24, 2.45) is 7.05 Å². The number of ether oxygens (including phenoxy) is 1. The van der Waals surface area contributed by atoms with Crippen molar-refractivity contribution in [3.8, 4) is 0 Å². The van der Waals surface area contributed by atoms with Crippen molar-refractivity contribution in [3.05, 3.63) is 30.1 Å². The van der Waals surface area contributed by atoms with Gasteiger partial charge in [0.2, 0.25) is 0 Å². The van der Waals surface area contributed by atoms with Gasteiger partial charge in [-0.15, -0.1) is 0 Å². The SMILES string of the molecule is C=C(C)CN(C)c1c(C(=O)OCC)cnc2c1cnn2C. The third kappa shape index (κ3) is 2.89. The van der Waals surface area contributed by atoms with Crippen LogP contribution in [0, 0.1) is 0 Å². The molecule has 0 aliphatic carbocycles. The van der Waals surface area contributed by atoms with E-state index in [0.717, 1.165) is 22.3 Å². The average Bonchev–Trinajstić information content (AvgIpc) is 2.79. The van der Waals surface area contributed by atoms with Crippen LogP contribution in [0.1, 0.15) is 24.2 Å². The molecule has 0 saturated heterocycles. The predicted octanol–water partition coefficient (Wildman–Crippen LogP) is 2.16. The molecule has 0 saturated carbocycles. The Bertz CT molecular complexity index is 690. The van der Waals surface area contributed by atoms with Crippen LogP contribution >= 0.6 is 0 Å². The molecule has 0 bridgehead atoms. The summed E-state index contributed by atoms with van der Waals surface area (Å²) in [5.41, 5.74) is 2.95. The highest BCUT2D eigenvalue weighted by Gasteiger charge is 2.21. The molecule has 2 aromatic rings. The number of esters is 1. The van der Waals surface area contributed by atoms with Gasteiger partial charge in [-0.05, 0) is 13.8 Å². The first-order valence-electron chi connectivity index (χ1n) is 6.79. The lowest BCUT2D eigenvalue weighted by molar-refractivity contribution is 0.0527. The summed E-state index contributed by atoms with van der Waals surface area (Å²) in [6.45, 7) is 8.62. The normalized spacial score (nSPS) is 10.7. The van der Waals surface area contributed by atoms with Crippen LogP contribution in [0.2, 0.25) is 0 Å². The van der Waals surface area contributed by atoms with E-state index in [1.165, 1.54) is 0 Å². The zero-order valence-corrected chi connectivity index (χ0v) is 12.9. The smallest absolute Gasteiger partial charge is 0.341 e. The van der Waals surface area contributed by atoms with Crippen LogP contribution in [0.25, 0.3) is 11.0 Å². The maximum absolute atomic E-state index is 12.2. The number of rotatable bonds is 5. The number of carbonyl (C=O) groups is 1. The summed E-state index contributed by atoms with van der Waals surface area (Å²) < 4.78 is 6.81. The summed E-state index contributed by atoms with van der Waals surface area (Å²) in [4.78, 5) is 18.5. The van der Waals surface area contributed by atoms with E-state index in [1.807, 2.05) is 25.9 Å². The number of likely N-dealkylation sites (N-methyl/N-ethyl adjacent to an activating group) is 1. The Labute approximate surface area is 124 Å². The van der Waals surface area contributed by atoms with Crippen molar-refractivity contribution in [1.82, 2.24) is 14.8 Å². The molecule has 0 aliphatic heterocycles. The van der Waals surface area contributed by atoms with Gasteiger partial charge in [0.25, 0.3) is 0 Å². The maximum atomic E-state index is 12.2. The lowest BCUT2D eigenvalue weighted by Crippen LogP contribution is -2.23. The van der Waals surface area contributed by atoms with Crippen molar-refractivity contribution in [2.45, 2.75) is 13.8 Å². The average molecular weight is 288 g/mol. The molecule has 112 valence electrons. The number of nitrogens with zero attached hydrogens (tertiary/aromatic N) is 4. The van der Waals surface area contributed by atoms with E-state index in [4.69, 9.17) is 4.74 Å². The molecule has 2 heterocycles. The lowest BCUT2D eigenvalue weighted by atomic mass is 10.1. The zero-order valence-electron chi connectivity index (χ0n) is 12.9. The number of aryl methyl sites for hydroxylation is 1. The number of hydrogen-bond acceptors (Lipinski definition) is 5. The van der Waals surface area contributed by atoms with E-state index in [-0.39, 0.29) is 5.97 Å². The lowest BCUT2D eigenvalue weighted by Gasteiger charge is -2.22. The fraction of sp³-hybridized carbons (Fsp3) is 0.400. The number of pyridine rings is 1. The topological polar surface area (TPSA) is 60.3 Å². The highest BCUT2D eigenvalue weighted by atomic mass is 16.5. The minimum Gasteiger partial charge on any atom is -0.462 e. The molecule has 0 aromatic carbocycles. The Kier molecular flexibility index (Phi) is 4.26. The number of aromatic nitrogens is 3. The summed E-state index contributed by atoms with van der Waals surface area (Å²) in [6.07, 6.45) is 3.27. The van der Waals surface area contributed by atoms with Gasteiger partial charge < -0.3 is 9.64 Å². The molecule has 6 heteroatoms. The molecular formula is C15H20N4O2. The summed E-state index contributed by atoms with van der Waals surface area (Å²) in [5, 5.41) is 5.04. The monoisotopic (exact) mass is 288 g/mol. The second-order valence-corrected chi connectivity index (χ2v) is 5.06. The van der Waals surface area contributed by atoms with Gasteiger partial charge in [0.05, 0.1) is 23.9 Å². The summed E-state index contributed by atoms with van der Waals surface area (Å²) in [6, 6.07) is 0. The molecule has 0 spiro atoms. The summed E-state index contributed by atoms with van der Waals surface area (Å²) in [5.74, 6) is -0.376. The number of anilines is 1. The number of fused-ring (bicyclic) bond motifs is 1. The maximum Gasteiger partial charge on any atom is 0.341 e. The summed E-state index contributed by atoms with van der Waals surface area (Å²) >= 11 is 0. The van der Waals surface area contributed by atoms with Gasteiger partial charge in [0, 0.05) is 26.8 Å². The fourth-order valence-electron chi connectivity index (χ4n) is 2.34. The molecule has 0 amide bonds. The molecule has 21 heavy (non-hydrogen) atoms. The van der Waals surface area contributed by atoms with Crippen molar-refractivity contribution in [3.63, 3.8) is 0 Å². The van der Waals surface area contributed by atoms with Crippen molar-refractivity contribution < 1.29 is 9.53 Å². The fourth-order valence-corrected chi connectivity index (χ4v) is 2.34. The van der Waals surface area contributed by atoms with Gasteiger partial charge in [-0.2, -0.15) is 5.10 Å². The van der Waals surface area contributed by atoms with Crippen molar-refractivity contribution in [1.29, 1.82) is 0 Å². The molecule has 0 aliphatic rings. The molecule has 0 radical (unpaired) electrons. The number of carbonyl (C=O) groups excluding carboxylic acids is 1. The quantitative estimate of drug-likeness (QED) is 0.623. The van der Waals surface area contributed by atoms with E-state index in [0.29, 0.717) is 18.7 Å². The Morgan fingerprint density at radius 1 is 1.48 bits per heavy atom. The third-order valence-electron chi connectivity index (χ3n) is 3.12. The van der Waals surface area contributed by atoms with E-state index in [9.17, 15) is 4.79 Å². The Morgan fingerprint density at radius 3 is 2.81 bits per heavy atom. The Morgan fingerprint density at radius 2 is 2.19 bits per heavy atom. The first-order chi connectivity index (χ1) is 9.95. The van der Waals surface area contributed by atoms with Gasteiger partial charge in [-0.1, -0.05) is 12.2 Å². The molecular weight excluding hydrogens is 268 g/mol. The van der Waals surface area contributed by atoms with Crippen LogP contribution in [-0.2, 0) is 11.8 Å². The molecule has 6 nitrogen and oxygen atoms in total. The van der Waals surface area contributed by atoms with Crippen LogP contribution in [-0.4, -0.2) is 40.9 Å². The molecule has 2 rings (SSSR count). The minimum absolute atomic E-state index is 0.327. The van der Waals surface area contributed by atoms with Crippen LogP contribution in [0.15, 0.2) is 24.5 Å². The molecule has 2 aromatic heterocycles. The van der Waals surface area contributed by atoms with Crippen LogP contribution < -0.4 is 4.90 Å². The van der Waals surface area contributed by atoms with E-state index < -0.39 is 0 Å². The Balaban J connectivity index is 2.62. The highest BCUT2D eigenvalue weighted by molar-refractivity contribution is 6.04. The van der Waals surface area contributed by atoms with E-state index in [1.54, 1.807) is 24.0 Å². The van der Waals surface area contributed by atoms with Crippen LogP contribution in [0.4, 0.5) is 5.69 Å². The van der Waals surface area contributed by atoms with E-state index in [2.05, 4.69) is 16.7 Å². The van der Waals surface area contributed by atoms with Gasteiger partial charge >= 0.3 is 5.97 Å². The molecule has 0 atom stereocenters. The second-order valence-electron chi connectivity index (χ2n) is 5.06. The molecule has 0 N–H and O–H groups in total. The summed E-state index contributed by atoms with van der Waals surface area (Å²) in [7, 11) is 3.74. The van der Waals surface area contributed by atoms with Crippen molar-refractivity contribution in [2.75, 3.05) is 25.1 Å². The minimum atomic E-state index is -0.376. The van der Waals surface area contributed by atoms with Gasteiger partial charge in [0.1, 0.15) is 5.56 Å². The van der Waals surface area contributed by atoms with Gasteiger partial charge in [0.15, 0.2) is 5.65 Å². The highest BCUT2D eigenvalue weighted by Crippen LogP contribution is 2.29. The van der Waals surface area contributed by atoms with Crippen LogP contribution in [0.5, 0.6) is 0 Å². The largest absolute Gasteiger partial charge is 0.462 e. The first-order valence-corrected chi connectivity index (χ1v) is 6.79. The van der Waals surface area contributed by atoms with Gasteiger partial charge in [-0.3, -0.25) is 4.68 Å². The second kappa shape index (κ2) is 5.95. The van der Waals surface area contributed by atoms with Gasteiger partial charge in [-0.25, -0.2) is 9.78 Å². The third-order valence-corrected chi connectivity index (χ3v) is 3.12. The Hall–Kier alpha value is -2.37.